The van der Waals surface area contributed by atoms with Crippen LogP contribution in [0.3, 0.4) is 0 Å². The first kappa shape index (κ1) is 26.4. The minimum atomic E-state index is 0.142. The van der Waals surface area contributed by atoms with Gasteiger partial charge in [-0.25, -0.2) is 4.98 Å². The van der Waals surface area contributed by atoms with Gasteiger partial charge in [0.25, 0.3) is 0 Å². The Hall–Kier alpha value is -2.86. The van der Waals surface area contributed by atoms with E-state index in [0.717, 1.165) is 74.7 Å². The van der Waals surface area contributed by atoms with Crippen molar-refractivity contribution in [1.82, 2.24) is 14.8 Å². The van der Waals surface area contributed by atoms with E-state index >= 15 is 0 Å². The summed E-state index contributed by atoms with van der Waals surface area (Å²) in [6, 6.07) is 11.1. The summed E-state index contributed by atoms with van der Waals surface area (Å²) >= 11 is 6.36. The molecule has 0 unspecified atom stereocenters. The highest BCUT2D eigenvalue weighted by molar-refractivity contribution is 6.31. The van der Waals surface area contributed by atoms with Crippen LogP contribution in [0.2, 0.25) is 5.02 Å². The fourth-order valence-corrected chi connectivity index (χ4v) is 6.77. The van der Waals surface area contributed by atoms with Gasteiger partial charge >= 0.3 is 0 Å². The Morgan fingerprint density at radius 1 is 1.00 bits per heavy atom. The number of benzene rings is 1. The topological polar surface area (TPSA) is 60.2 Å². The van der Waals surface area contributed by atoms with Gasteiger partial charge in [0.2, 0.25) is 11.8 Å². The highest BCUT2D eigenvalue weighted by atomic mass is 35.5. The number of carbonyl (C=O) groups excluding carboxylic acids is 1. The number of nitrogens with zero attached hydrogens (tertiary/aromatic N) is 4. The molecule has 3 fully saturated rings. The Kier molecular flexibility index (Phi) is 7.92. The van der Waals surface area contributed by atoms with Crippen molar-refractivity contribution >= 4 is 23.2 Å². The zero-order valence-corrected chi connectivity index (χ0v) is 23.7. The average Bonchev–Trinajstić information content (AvgIpc) is 3.72. The van der Waals surface area contributed by atoms with Crippen LogP contribution in [0.1, 0.15) is 88.2 Å². The number of methoxy groups -OCH3 is 1. The average molecular weight is 547 g/mol. The minimum Gasteiger partial charge on any atom is -0.480 e. The molecular weight excluding hydrogens is 508 g/mol. The minimum absolute atomic E-state index is 0.142. The van der Waals surface area contributed by atoms with Crippen molar-refractivity contribution in [3.05, 3.63) is 59.5 Å². The number of hydrogen-bond donors (Lipinski definition) is 0. The Morgan fingerprint density at radius 3 is 2.51 bits per heavy atom. The molecule has 6 nitrogen and oxygen atoms in total. The third-order valence-electron chi connectivity index (χ3n) is 9.01. The summed E-state index contributed by atoms with van der Waals surface area (Å²) in [7, 11) is 1.59. The third-order valence-corrected chi connectivity index (χ3v) is 9.29. The molecule has 2 aromatic heterocycles. The maximum atomic E-state index is 14.0. The predicted molar refractivity (Wildman–Crippen MR) is 155 cm³/mol. The van der Waals surface area contributed by atoms with Gasteiger partial charge in [-0.15, -0.1) is 0 Å². The lowest BCUT2D eigenvalue weighted by Gasteiger charge is -2.35. The molecule has 3 aliphatic carbocycles. The SMILES string of the molecule is COc1ncc([C@H]2CC[C@H](CN(C(=O)C3CCCCC3)c3cccc(-c4cnn(C5CC5)c4)c3)CC2)cc1Cl. The first-order valence-electron chi connectivity index (χ1n) is 14.7. The smallest absolute Gasteiger partial charge is 0.232 e. The van der Waals surface area contributed by atoms with Crippen molar-refractivity contribution in [3.63, 3.8) is 0 Å². The number of rotatable bonds is 8. The van der Waals surface area contributed by atoms with Gasteiger partial charge in [-0.2, -0.15) is 5.10 Å². The fourth-order valence-electron chi connectivity index (χ4n) is 6.52. The number of anilines is 1. The molecule has 2 heterocycles. The van der Waals surface area contributed by atoms with Gasteiger partial charge < -0.3 is 9.64 Å². The first-order chi connectivity index (χ1) is 19.1. The summed E-state index contributed by atoms with van der Waals surface area (Å²) in [6.45, 7) is 0.786. The molecule has 0 saturated heterocycles. The number of halogens is 1. The van der Waals surface area contributed by atoms with E-state index in [1.54, 1.807) is 7.11 Å². The second-order valence-electron chi connectivity index (χ2n) is 11.8. The number of carbonyl (C=O) groups is 1. The van der Waals surface area contributed by atoms with Crippen LogP contribution < -0.4 is 9.64 Å². The zero-order valence-electron chi connectivity index (χ0n) is 22.9. The van der Waals surface area contributed by atoms with Gasteiger partial charge in [0.15, 0.2) is 0 Å². The van der Waals surface area contributed by atoms with Crippen LogP contribution in [0.25, 0.3) is 11.1 Å². The Bertz CT molecular complexity index is 1290. The van der Waals surface area contributed by atoms with E-state index in [9.17, 15) is 4.79 Å². The summed E-state index contributed by atoms with van der Waals surface area (Å²) in [5, 5.41) is 5.17. The van der Waals surface area contributed by atoms with Gasteiger partial charge in [0, 0.05) is 36.1 Å². The van der Waals surface area contributed by atoms with Crippen LogP contribution in [0.15, 0.2) is 48.9 Å². The Balaban J connectivity index is 1.19. The molecule has 0 atom stereocenters. The van der Waals surface area contributed by atoms with Crippen LogP contribution in [0.4, 0.5) is 5.69 Å². The highest BCUT2D eigenvalue weighted by Gasteiger charge is 2.31. The summed E-state index contributed by atoms with van der Waals surface area (Å²) in [5.74, 6) is 1.87. The number of ether oxygens (including phenoxy) is 1. The molecule has 39 heavy (non-hydrogen) atoms. The van der Waals surface area contributed by atoms with E-state index < -0.39 is 0 Å². The van der Waals surface area contributed by atoms with E-state index in [1.165, 1.54) is 24.8 Å². The molecule has 3 saturated carbocycles. The fraction of sp³-hybridized carbons (Fsp3) is 0.531. The molecule has 7 heteroatoms. The largest absolute Gasteiger partial charge is 0.480 e. The highest BCUT2D eigenvalue weighted by Crippen LogP contribution is 2.39. The van der Waals surface area contributed by atoms with Gasteiger partial charge in [-0.05, 0) is 92.5 Å². The third kappa shape index (κ3) is 6.01. The molecule has 0 radical (unpaired) electrons. The maximum Gasteiger partial charge on any atom is 0.232 e. The molecule has 0 N–H and O–H groups in total. The molecule has 0 bridgehead atoms. The molecule has 3 aliphatic rings. The monoisotopic (exact) mass is 546 g/mol. The number of hydrogen-bond acceptors (Lipinski definition) is 4. The van der Waals surface area contributed by atoms with Crippen LogP contribution in [0.5, 0.6) is 5.88 Å². The van der Waals surface area contributed by atoms with Crippen molar-refractivity contribution in [1.29, 1.82) is 0 Å². The quantitative estimate of drug-likeness (QED) is 0.289. The van der Waals surface area contributed by atoms with E-state index in [1.807, 2.05) is 18.5 Å². The Morgan fingerprint density at radius 2 is 1.79 bits per heavy atom. The molecule has 1 amide bonds. The van der Waals surface area contributed by atoms with Crippen molar-refractivity contribution in [3.8, 4) is 17.0 Å². The van der Waals surface area contributed by atoms with Crippen molar-refractivity contribution in [2.75, 3.05) is 18.6 Å². The summed E-state index contributed by atoms with van der Waals surface area (Å²) < 4.78 is 7.32. The first-order valence-corrected chi connectivity index (χ1v) is 15.1. The van der Waals surface area contributed by atoms with Gasteiger partial charge in [0.1, 0.15) is 5.02 Å². The second-order valence-corrected chi connectivity index (χ2v) is 12.2. The van der Waals surface area contributed by atoms with Gasteiger partial charge in [-0.3, -0.25) is 9.48 Å². The van der Waals surface area contributed by atoms with E-state index in [-0.39, 0.29) is 5.92 Å². The van der Waals surface area contributed by atoms with Gasteiger partial charge in [-0.1, -0.05) is 43.0 Å². The standard InChI is InChI=1S/C32H39ClN4O2/c1-39-31-30(33)17-26(18-34-31)23-12-10-22(11-13-23)20-36(32(38)24-6-3-2-4-7-24)29-9-5-8-25(16-29)27-19-35-37(21-27)28-14-15-28/h5,8-9,16-19,21-24,28H,2-4,6-7,10-15,20H2,1H3/t22-,23-. The molecular formula is C32H39ClN4O2. The van der Waals surface area contributed by atoms with Crippen molar-refractivity contribution in [2.24, 2.45) is 11.8 Å². The molecule has 6 rings (SSSR count). The lowest BCUT2D eigenvalue weighted by atomic mass is 9.78. The van der Waals surface area contributed by atoms with E-state index in [4.69, 9.17) is 16.3 Å². The van der Waals surface area contributed by atoms with Crippen molar-refractivity contribution < 1.29 is 9.53 Å². The predicted octanol–water partition coefficient (Wildman–Crippen LogP) is 7.83. The van der Waals surface area contributed by atoms with Crippen LogP contribution in [0, 0.1) is 11.8 Å². The molecule has 1 aromatic carbocycles. The number of amides is 1. The molecule has 3 aromatic rings. The molecule has 206 valence electrons. The normalized spacial score (nSPS) is 22.0. The lowest BCUT2D eigenvalue weighted by Crippen LogP contribution is -2.41. The second kappa shape index (κ2) is 11.7. The zero-order chi connectivity index (χ0) is 26.8. The van der Waals surface area contributed by atoms with E-state index in [0.29, 0.717) is 34.7 Å². The van der Waals surface area contributed by atoms with Crippen LogP contribution in [-0.2, 0) is 4.79 Å². The molecule has 0 aliphatic heterocycles. The number of aromatic nitrogens is 3. The van der Waals surface area contributed by atoms with E-state index in [2.05, 4.69) is 50.1 Å². The number of pyridine rings is 1. The van der Waals surface area contributed by atoms with Crippen molar-refractivity contribution in [2.45, 2.75) is 82.6 Å². The molecule has 0 spiro atoms. The maximum absolute atomic E-state index is 14.0. The van der Waals surface area contributed by atoms with Crippen LogP contribution in [-0.4, -0.2) is 34.3 Å². The Labute approximate surface area is 236 Å². The summed E-state index contributed by atoms with van der Waals surface area (Å²) in [6.07, 6.45) is 18.4. The lowest BCUT2D eigenvalue weighted by molar-refractivity contribution is -0.123. The summed E-state index contributed by atoms with van der Waals surface area (Å²) in [5.41, 5.74) is 4.47. The summed E-state index contributed by atoms with van der Waals surface area (Å²) in [4.78, 5) is 20.5. The van der Waals surface area contributed by atoms with Crippen LogP contribution >= 0.6 is 11.6 Å². The van der Waals surface area contributed by atoms with Gasteiger partial charge in [0.05, 0.1) is 19.3 Å².